The molecule has 0 aliphatic rings. The summed E-state index contributed by atoms with van der Waals surface area (Å²) in [6.07, 6.45) is 3.59. The van der Waals surface area contributed by atoms with Crippen LogP contribution in [0.25, 0.3) is 10.9 Å². The van der Waals surface area contributed by atoms with Gasteiger partial charge in [0.25, 0.3) is 0 Å². The zero-order valence-corrected chi connectivity index (χ0v) is 10.7. The lowest BCUT2D eigenvalue weighted by molar-refractivity contribution is 0.987. The van der Waals surface area contributed by atoms with Gasteiger partial charge in [0.15, 0.2) is 0 Å². The minimum absolute atomic E-state index is 0.692. The average Bonchev–Trinajstić information content (AvgIpc) is 2.28. The van der Waals surface area contributed by atoms with Crippen LogP contribution in [0.2, 0.25) is 0 Å². The highest BCUT2D eigenvalue weighted by molar-refractivity contribution is 9.10. The van der Waals surface area contributed by atoms with Crippen LogP contribution in [-0.4, -0.2) is 10.7 Å². The number of benzene rings is 1. The third kappa shape index (κ3) is 2.14. The highest BCUT2D eigenvalue weighted by Crippen LogP contribution is 2.22. The first-order valence-corrected chi connectivity index (χ1v) is 6.13. The zero-order valence-electron chi connectivity index (χ0n) is 9.13. The highest BCUT2D eigenvalue weighted by Gasteiger charge is 2.06. The van der Waals surface area contributed by atoms with Crippen LogP contribution >= 0.6 is 15.9 Å². The van der Waals surface area contributed by atoms with Gasteiger partial charge in [-0.25, -0.2) is 0 Å². The summed E-state index contributed by atoms with van der Waals surface area (Å²) >= 11 is 3.43. The van der Waals surface area contributed by atoms with Crippen molar-refractivity contribution in [1.29, 1.82) is 5.41 Å². The van der Waals surface area contributed by atoms with E-state index in [9.17, 15) is 0 Å². The summed E-state index contributed by atoms with van der Waals surface area (Å²) in [6.45, 7) is 2.09. The van der Waals surface area contributed by atoms with Crippen LogP contribution in [0.1, 0.15) is 25.3 Å². The summed E-state index contributed by atoms with van der Waals surface area (Å²) in [7, 11) is 0. The minimum atomic E-state index is 0.692. The largest absolute Gasteiger partial charge is 0.305 e. The number of halogens is 1. The van der Waals surface area contributed by atoms with Gasteiger partial charge in [0.1, 0.15) is 0 Å². The molecule has 0 unspecified atom stereocenters. The standard InChI is InChI=1S/C13H13BrN2/c1-2-3-12(15)10-6-7-16-13-8-9(14)4-5-11(10)13/h4-8,15H,2-3H2,1H3. The number of nitrogens with zero attached hydrogens (tertiary/aromatic N) is 1. The Morgan fingerprint density at radius 1 is 1.38 bits per heavy atom. The molecule has 1 aromatic carbocycles. The molecule has 2 nitrogen and oxygen atoms in total. The Balaban J connectivity index is 2.58. The third-order valence-electron chi connectivity index (χ3n) is 2.53. The van der Waals surface area contributed by atoms with Crippen molar-refractivity contribution in [3.8, 4) is 0 Å². The number of hydrogen-bond acceptors (Lipinski definition) is 2. The van der Waals surface area contributed by atoms with Crippen LogP contribution in [0.4, 0.5) is 0 Å². The van der Waals surface area contributed by atoms with Gasteiger partial charge in [0, 0.05) is 27.3 Å². The van der Waals surface area contributed by atoms with Crippen molar-refractivity contribution in [3.05, 3.63) is 40.5 Å². The first kappa shape index (κ1) is 11.3. The van der Waals surface area contributed by atoms with E-state index in [2.05, 4.69) is 27.8 Å². The normalized spacial score (nSPS) is 10.6. The fourth-order valence-electron chi connectivity index (χ4n) is 1.77. The van der Waals surface area contributed by atoms with Crippen LogP contribution < -0.4 is 0 Å². The lowest BCUT2D eigenvalue weighted by atomic mass is 10.0. The Hall–Kier alpha value is -1.22. The van der Waals surface area contributed by atoms with Gasteiger partial charge in [-0.2, -0.15) is 0 Å². The second kappa shape index (κ2) is 4.74. The molecule has 0 bridgehead atoms. The molecule has 0 aliphatic carbocycles. The molecule has 1 aromatic heterocycles. The summed E-state index contributed by atoms with van der Waals surface area (Å²) in [5.41, 5.74) is 2.63. The molecule has 82 valence electrons. The number of nitrogens with one attached hydrogen (secondary N) is 1. The Morgan fingerprint density at radius 2 is 2.19 bits per heavy atom. The van der Waals surface area contributed by atoms with E-state index in [1.807, 2.05) is 24.3 Å². The van der Waals surface area contributed by atoms with Gasteiger partial charge in [-0.1, -0.05) is 35.3 Å². The summed E-state index contributed by atoms with van der Waals surface area (Å²) in [4.78, 5) is 4.32. The van der Waals surface area contributed by atoms with E-state index in [0.29, 0.717) is 5.71 Å². The monoisotopic (exact) mass is 276 g/mol. The number of aromatic nitrogens is 1. The van der Waals surface area contributed by atoms with Gasteiger partial charge in [0.2, 0.25) is 0 Å². The SMILES string of the molecule is CCCC(=N)c1ccnc2cc(Br)ccc12. The van der Waals surface area contributed by atoms with Crippen LogP contribution in [0, 0.1) is 5.41 Å². The van der Waals surface area contributed by atoms with E-state index in [1.54, 1.807) is 6.20 Å². The predicted octanol–water partition coefficient (Wildman–Crippen LogP) is 4.17. The van der Waals surface area contributed by atoms with Gasteiger partial charge >= 0.3 is 0 Å². The van der Waals surface area contributed by atoms with Crippen molar-refractivity contribution in [2.45, 2.75) is 19.8 Å². The Labute approximate surface area is 103 Å². The lowest BCUT2D eigenvalue weighted by Gasteiger charge is -2.06. The molecular formula is C13H13BrN2. The van der Waals surface area contributed by atoms with Gasteiger partial charge in [-0.05, 0) is 24.6 Å². The van der Waals surface area contributed by atoms with Crippen molar-refractivity contribution >= 4 is 32.5 Å². The lowest BCUT2D eigenvalue weighted by Crippen LogP contribution is -1.99. The van der Waals surface area contributed by atoms with Crippen molar-refractivity contribution in [2.24, 2.45) is 0 Å². The molecule has 2 rings (SSSR count). The van der Waals surface area contributed by atoms with E-state index >= 15 is 0 Å². The fraction of sp³-hybridized carbons (Fsp3) is 0.231. The molecular weight excluding hydrogens is 264 g/mol. The van der Waals surface area contributed by atoms with E-state index in [-0.39, 0.29) is 0 Å². The third-order valence-corrected chi connectivity index (χ3v) is 3.02. The fourth-order valence-corrected chi connectivity index (χ4v) is 2.12. The minimum Gasteiger partial charge on any atom is -0.305 e. The van der Waals surface area contributed by atoms with Crippen molar-refractivity contribution < 1.29 is 0 Å². The number of fused-ring (bicyclic) bond motifs is 1. The van der Waals surface area contributed by atoms with Gasteiger partial charge in [-0.3, -0.25) is 4.98 Å². The molecule has 0 fully saturated rings. The average molecular weight is 277 g/mol. The summed E-state index contributed by atoms with van der Waals surface area (Å²) < 4.78 is 1.02. The highest BCUT2D eigenvalue weighted by atomic mass is 79.9. The van der Waals surface area contributed by atoms with E-state index in [1.165, 1.54) is 0 Å². The molecule has 0 aliphatic heterocycles. The molecule has 2 aromatic rings. The van der Waals surface area contributed by atoms with Crippen molar-refractivity contribution in [3.63, 3.8) is 0 Å². The molecule has 3 heteroatoms. The van der Waals surface area contributed by atoms with Crippen LogP contribution in [0.3, 0.4) is 0 Å². The first-order valence-electron chi connectivity index (χ1n) is 5.34. The molecule has 0 radical (unpaired) electrons. The first-order chi connectivity index (χ1) is 7.72. The molecule has 0 saturated carbocycles. The van der Waals surface area contributed by atoms with Crippen LogP contribution in [0.5, 0.6) is 0 Å². The van der Waals surface area contributed by atoms with E-state index in [4.69, 9.17) is 5.41 Å². The summed E-state index contributed by atoms with van der Waals surface area (Å²) in [6, 6.07) is 7.92. The molecule has 0 saturated heterocycles. The predicted molar refractivity (Wildman–Crippen MR) is 71.2 cm³/mol. The van der Waals surface area contributed by atoms with Crippen LogP contribution in [0.15, 0.2) is 34.9 Å². The maximum atomic E-state index is 8.03. The summed E-state index contributed by atoms with van der Waals surface area (Å²) in [5, 5.41) is 9.09. The van der Waals surface area contributed by atoms with Crippen LogP contribution in [-0.2, 0) is 0 Å². The van der Waals surface area contributed by atoms with Gasteiger partial charge in [0.05, 0.1) is 5.52 Å². The molecule has 1 heterocycles. The number of rotatable bonds is 3. The van der Waals surface area contributed by atoms with Crippen molar-refractivity contribution in [2.75, 3.05) is 0 Å². The molecule has 0 amide bonds. The zero-order chi connectivity index (χ0) is 11.5. The smallest absolute Gasteiger partial charge is 0.0719 e. The van der Waals surface area contributed by atoms with Crippen molar-refractivity contribution in [1.82, 2.24) is 4.98 Å². The van der Waals surface area contributed by atoms with E-state index < -0.39 is 0 Å². The molecule has 16 heavy (non-hydrogen) atoms. The van der Waals surface area contributed by atoms with E-state index in [0.717, 1.165) is 33.8 Å². The Kier molecular flexibility index (Phi) is 3.34. The second-order valence-corrected chi connectivity index (χ2v) is 4.66. The Bertz CT molecular complexity index is 534. The molecule has 0 spiro atoms. The van der Waals surface area contributed by atoms with Gasteiger partial charge < -0.3 is 5.41 Å². The molecule has 0 atom stereocenters. The maximum absolute atomic E-state index is 8.03. The second-order valence-electron chi connectivity index (χ2n) is 3.75. The quantitative estimate of drug-likeness (QED) is 0.840. The number of hydrogen-bond donors (Lipinski definition) is 1. The summed E-state index contributed by atoms with van der Waals surface area (Å²) in [5.74, 6) is 0. The topological polar surface area (TPSA) is 36.7 Å². The molecule has 1 N–H and O–H groups in total. The number of pyridine rings is 1. The maximum Gasteiger partial charge on any atom is 0.0719 e. The van der Waals surface area contributed by atoms with Gasteiger partial charge in [-0.15, -0.1) is 0 Å². The Morgan fingerprint density at radius 3 is 2.94 bits per heavy atom.